The molecule has 0 spiro atoms. The van der Waals surface area contributed by atoms with E-state index in [4.69, 9.17) is 0 Å². The second kappa shape index (κ2) is 1.51. The lowest BCUT2D eigenvalue weighted by molar-refractivity contribution is 1.03. The van der Waals surface area contributed by atoms with Gasteiger partial charge >= 0.3 is 0 Å². The Balaban J connectivity index is 2.30. The molecule has 1 aromatic rings. The molecule has 2 heterocycles. The van der Waals surface area contributed by atoms with E-state index in [-0.39, 0.29) is 0 Å². The van der Waals surface area contributed by atoms with Crippen LogP contribution < -0.4 is 4.90 Å². The average Bonchev–Trinajstić information content (AvgIpc) is 2.71. The molecule has 0 amide bonds. The molecule has 0 bridgehead atoms. The summed E-state index contributed by atoms with van der Waals surface area (Å²) in [6.45, 7) is 0. The van der Waals surface area contributed by atoms with Crippen LogP contribution >= 0.6 is 0 Å². The molecule has 44 valence electrons. The smallest absolute Gasteiger partial charge is 0.236 e. The summed E-state index contributed by atoms with van der Waals surface area (Å²) < 4.78 is 0. The lowest BCUT2D eigenvalue weighted by Crippen LogP contribution is -1.96. The fraction of sp³-hybridized carbons (Fsp3) is 0. The SMILES string of the molecule is C1=CN1c1ncncn1. The van der Waals surface area contributed by atoms with Crippen LogP contribution in [0.25, 0.3) is 0 Å². The van der Waals surface area contributed by atoms with Gasteiger partial charge in [-0.3, -0.25) is 4.90 Å². The molecule has 9 heavy (non-hydrogen) atoms. The van der Waals surface area contributed by atoms with E-state index in [0.29, 0.717) is 5.95 Å². The Morgan fingerprint density at radius 1 is 1.11 bits per heavy atom. The zero-order valence-electron chi connectivity index (χ0n) is 4.60. The van der Waals surface area contributed by atoms with Crippen molar-refractivity contribution in [3.05, 3.63) is 25.1 Å². The van der Waals surface area contributed by atoms with Crippen molar-refractivity contribution in [3.63, 3.8) is 0 Å². The molecule has 0 aromatic carbocycles. The molecule has 0 aliphatic carbocycles. The van der Waals surface area contributed by atoms with Crippen LogP contribution in [0.2, 0.25) is 0 Å². The van der Waals surface area contributed by atoms with Gasteiger partial charge in [-0.2, -0.15) is 0 Å². The van der Waals surface area contributed by atoms with Gasteiger partial charge in [-0.05, 0) is 0 Å². The number of rotatable bonds is 1. The Hall–Kier alpha value is -1.45. The maximum atomic E-state index is 3.88. The third-order valence-electron chi connectivity index (χ3n) is 1.01. The van der Waals surface area contributed by atoms with Gasteiger partial charge in [-0.25, -0.2) is 15.0 Å². The van der Waals surface area contributed by atoms with Gasteiger partial charge in [0.05, 0.1) is 0 Å². The van der Waals surface area contributed by atoms with Crippen LogP contribution in [0, 0.1) is 0 Å². The average molecular weight is 120 g/mol. The van der Waals surface area contributed by atoms with Crippen LogP contribution in [0.15, 0.2) is 25.1 Å². The second-order valence-electron chi connectivity index (χ2n) is 1.64. The van der Waals surface area contributed by atoms with Gasteiger partial charge < -0.3 is 0 Å². The topological polar surface area (TPSA) is 41.7 Å². The number of anilines is 1. The van der Waals surface area contributed by atoms with Crippen LogP contribution in [0.5, 0.6) is 0 Å². The molecule has 0 N–H and O–H groups in total. The lowest BCUT2D eigenvalue weighted by Gasteiger charge is -1.95. The molecule has 0 unspecified atom stereocenters. The molecule has 4 heteroatoms. The van der Waals surface area contributed by atoms with Crippen LogP contribution in [-0.4, -0.2) is 15.0 Å². The Morgan fingerprint density at radius 2 is 1.78 bits per heavy atom. The summed E-state index contributed by atoms with van der Waals surface area (Å²) in [7, 11) is 0. The van der Waals surface area contributed by atoms with Crippen molar-refractivity contribution in [3.8, 4) is 0 Å². The Bertz CT molecular complexity index is 224. The normalized spacial score (nSPS) is 14.0. The van der Waals surface area contributed by atoms with E-state index in [9.17, 15) is 0 Å². The number of hydrogen-bond donors (Lipinski definition) is 0. The minimum Gasteiger partial charge on any atom is -0.290 e. The monoisotopic (exact) mass is 120 g/mol. The van der Waals surface area contributed by atoms with Crippen molar-refractivity contribution in [2.75, 3.05) is 4.90 Å². The van der Waals surface area contributed by atoms with Crippen molar-refractivity contribution in [2.24, 2.45) is 0 Å². The molecule has 0 saturated carbocycles. The lowest BCUT2D eigenvalue weighted by atomic mass is 10.9. The van der Waals surface area contributed by atoms with Crippen LogP contribution in [0.1, 0.15) is 0 Å². The van der Waals surface area contributed by atoms with Crippen molar-refractivity contribution in [1.29, 1.82) is 0 Å². The molecule has 4 nitrogen and oxygen atoms in total. The predicted molar refractivity (Wildman–Crippen MR) is 31.4 cm³/mol. The molecule has 0 saturated heterocycles. The van der Waals surface area contributed by atoms with E-state index in [0.717, 1.165) is 0 Å². The van der Waals surface area contributed by atoms with E-state index >= 15 is 0 Å². The number of nitrogens with zero attached hydrogens (tertiary/aromatic N) is 4. The van der Waals surface area contributed by atoms with Crippen LogP contribution in [-0.2, 0) is 0 Å². The molecule has 1 aromatic heterocycles. The van der Waals surface area contributed by atoms with Gasteiger partial charge in [0.15, 0.2) is 0 Å². The van der Waals surface area contributed by atoms with Crippen molar-refractivity contribution in [1.82, 2.24) is 15.0 Å². The summed E-state index contributed by atoms with van der Waals surface area (Å²) in [6, 6.07) is 0. The van der Waals surface area contributed by atoms with Crippen LogP contribution in [0.4, 0.5) is 5.95 Å². The molecule has 1 aliphatic heterocycles. The minimum atomic E-state index is 0.685. The first kappa shape index (κ1) is 4.43. The first-order valence-electron chi connectivity index (χ1n) is 2.55. The highest BCUT2D eigenvalue weighted by atomic mass is 15.3. The maximum Gasteiger partial charge on any atom is 0.236 e. The van der Waals surface area contributed by atoms with Gasteiger partial charge in [0.1, 0.15) is 12.7 Å². The minimum absolute atomic E-state index is 0.685. The highest BCUT2D eigenvalue weighted by Crippen LogP contribution is 2.13. The molecule has 1 aliphatic rings. The Labute approximate surface area is 51.9 Å². The maximum absolute atomic E-state index is 3.88. The largest absolute Gasteiger partial charge is 0.290 e. The molecule has 0 fully saturated rings. The summed E-state index contributed by atoms with van der Waals surface area (Å²) in [6.07, 6.45) is 6.72. The molecule has 2 rings (SSSR count). The van der Waals surface area contributed by atoms with Gasteiger partial charge in [0.2, 0.25) is 5.95 Å². The van der Waals surface area contributed by atoms with Crippen molar-refractivity contribution >= 4 is 5.95 Å². The summed E-state index contributed by atoms with van der Waals surface area (Å²) in [5.41, 5.74) is 0. The highest BCUT2D eigenvalue weighted by Gasteiger charge is 2.09. The molecule has 0 radical (unpaired) electrons. The Kier molecular flexibility index (Phi) is 0.745. The van der Waals surface area contributed by atoms with E-state index in [1.807, 2.05) is 17.3 Å². The summed E-state index contributed by atoms with van der Waals surface area (Å²) in [5, 5.41) is 0. The summed E-state index contributed by atoms with van der Waals surface area (Å²) >= 11 is 0. The van der Waals surface area contributed by atoms with Crippen molar-refractivity contribution < 1.29 is 0 Å². The van der Waals surface area contributed by atoms with Crippen molar-refractivity contribution in [2.45, 2.75) is 0 Å². The fourth-order valence-electron chi connectivity index (χ4n) is 0.533. The van der Waals surface area contributed by atoms with E-state index in [1.165, 1.54) is 12.7 Å². The molecular weight excluding hydrogens is 116 g/mol. The van der Waals surface area contributed by atoms with E-state index < -0.39 is 0 Å². The van der Waals surface area contributed by atoms with Gasteiger partial charge in [-0.15, -0.1) is 0 Å². The third-order valence-corrected chi connectivity index (χ3v) is 1.01. The van der Waals surface area contributed by atoms with E-state index in [2.05, 4.69) is 15.0 Å². The summed E-state index contributed by atoms with van der Waals surface area (Å²) in [4.78, 5) is 13.3. The van der Waals surface area contributed by atoms with E-state index in [1.54, 1.807) is 0 Å². The zero-order valence-corrected chi connectivity index (χ0v) is 4.60. The first-order valence-corrected chi connectivity index (χ1v) is 2.55. The predicted octanol–water partition coefficient (Wildman–Crippen LogP) is 0.163. The van der Waals surface area contributed by atoms with Gasteiger partial charge in [0.25, 0.3) is 0 Å². The highest BCUT2D eigenvalue weighted by molar-refractivity contribution is 5.48. The first-order chi connectivity index (χ1) is 4.47. The number of aromatic nitrogens is 3. The Morgan fingerprint density at radius 3 is 2.33 bits per heavy atom. The molecule has 0 atom stereocenters. The fourth-order valence-corrected chi connectivity index (χ4v) is 0.533. The number of hydrogen-bond acceptors (Lipinski definition) is 4. The second-order valence-corrected chi connectivity index (χ2v) is 1.64. The summed E-state index contributed by atoms with van der Waals surface area (Å²) in [5.74, 6) is 0.685. The van der Waals surface area contributed by atoms with Crippen LogP contribution in [0.3, 0.4) is 0 Å². The molecular formula is C5H4N4. The van der Waals surface area contributed by atoms with Gasteiger partial charge in [-0.1, -0.05) is 0 Å². The quantitative estimate of drug-likeness (QED) is 0.529. The standard InChI is InChI=1S/C5H4N4/c1-2-9(1)5-7-3-6-4-8-5/h1-4H. The zero-order chi connectivity index (χ0) is 6.10. The van der Waals surface area contributed by atoms with Gasteiger partial charge in [0, 0.05) is 12.4 Å². The third kappa shape index (κ3) is 0.739.